The third-order valence-corrected chi connectivity index (χ3v) is 3.84. The van der Waals surface area contributed by atoms with E-state index in [1.807, 2.05) is 23.1 Å². The van der Waals surface area contributed by atoms with Gasteiger partial charge in [-0.05, 0) is 18.6 Å². The first-order chi connectivity index (χ1) is 10.1. The Kier molecular flexibility index (Phi) is 5.20. The summed E-state index contributed by atoms with van der Waals surface area (Å²) < 4.78 is 0. The summed E-state index contributed by atoms with van der Waals surface area (Å²) in [6.07, 6.45) is 1.99. The second-order valence-electron chi connectivity index (χ2n) is 5.39. The van der Waals surface area contributed by atoms with Crippen LogP contribution in [0.15, 0.2) is 30.3 Å². The van der Waals surface area contributed by atoms with Gasteiger partial charge in [0.25, 0.3) is 0 Å². The monoisotopic (exact) mass is 288 g/mol. The first kappa shape index (κ1) is 15.4. The fraction of sp³-hybridized carbons (Fsp3) is 0.438. The molecular formula is C16H22N3O2. The van der Waals surface area contributed by atoms with Crippen molar-refractivity contribution in [2.24, 2.45) is 11.7 Å². The molecule has 1 saturated heterocycles. The quantitative estimate of drug-likeness (QED) is 0.880. The third kappa shape index (κ3) is 4.21. The normalized spacial score (nSPS) is 16.6. The molecule has 1 atom stereocenters. The summed E-state index contributed by atoms with van der Waals surface area (Å²) in [5.74, 6) is -0.664. The van der Waals surface area contributed by atoms with E-state index in [9.17, 15) is 9.59 Å². The molecule has 0 saturated carbocycles. The van der Waals surface area contributed by atoms with E-state index in [-0.39, 0.29) is 17.7 Å². The Morgan fingerprint density at radius 1 is 1.19 bits per heavy atom. The molecule has 1 radical (unpaired) electrons. The summed E-state index contributed by atoms with van der Waals surface area (Å²) in [5.41, 5.74) is 6.38. The number of rotatable bonds is 5. The highest BCUT2D eigenvalue weighted by Crippen LogP contribution is 2.16. The molecule has 1 aromatic carbocycles. The van der Waals surface area contributed by atoms with Crippen molar-refractivity contribution in [2.45, 2.75) is 13.3 Å². The van der Waals surface area contributed by atoms with Crippen molar-refractivity contribution in [3.63, 3.8) is 0 Å². The van der Waals surface area contributed by atoms with E-state index >= 15 is 0 Å². The van der Waals surface area contributed by atoms with E-state index in [4.69, 9.17) is 5.73 Å². The predicted octanol–water partition coefficient (Wildman–Crippen LogP) is 1.05. The molecular weight excluding hydrogens is 266 g/mol. The Morgan fingerprint density at radius 3 is 2.38 bits per heavy atom. The van der Waals surface area contributed by atoms with Crippen LogP contribution in [0.5, 0.6) is 0 Å². The zero-order chi connectivity index (χ0) is 15.2. The van der Waals surface area contributed by atoms with Gasteiger partial charge in [0.1, 0.15) is 0 Å². The van der Waals surface area contributed by atoms with Crippen LogP contribution in [0.1, 0.15) is 13.3 Å². The van der Waals surface area contributed by atoms with Crippen molar-refractivity contribution in [1.82, 2.24) is 4.90 Å². The Morgan fingerprint density at radius 2 is 1.81 bits per heavy atom. The summed E-state index contributed by atoms with van der Waals surface area (Å²) >= 11 is 0. The first-order valence-electron chi connectivity index (χ1n) is 7.29. The van der Waals surface area contributed by atoms with Crippen LogP contribution in [0.2, 0.25) is 0 Å². The number of hydrogen-bond acceptors (Lipinski definition) is 3. The number of nitrogens with two attached hydrogens (primary N) is 1. The van der Waals surface area contributed by atoms with Crippen molar-refractivity contribution in [2.75, 3.05) is 31.1 Å². The molecule has 1 aliphatic rings. The molecule has 5 heteroatoms. The van der Waals surface area contributed by atoms with Crippen LogP contribution in [0.4, 0.5) is 5.69 Å². The number of benzene rings is 1. The van der Waals surface area contributed by atoms with Crippen LogP contribution in [-0.4, -0.2) is 42.9 Å². The highest BCUT2D eigenvalue weighted by Gasteiger charge is 2.22. The molecule has 21 heavy (non-hydrogen) atoms. The molecule has 0 spiro atoms. The van der Waals surface area contributed by atoms with Crippen molar-refractivity contribution < 1.29 is 9.59 Å². The molecule has 5 nitrogen and oxygen atoms in total. The van der Waals surface area contributed by atoms with Crippen molar-refractivity contribution in [1.29, 1.82) is 0 Å². The standard InChI is InChI=1S/C16H22N3O2/c1-13(16(17)21)7-8-15(20)19-11-9-18(10-12-19)14-5-3-2-4-6-14/h2-6,8,13H,7,9-12H2,1H3,(H2,17,21)/t13-/m0/s1. The lowest BCUT2D eigenvalue weighted by Gasteiger charge is -2.36. The van der Waals surface area contributed by atoms with Crippen LogP contribution < -0.4 is 10.6 Å². The van der Waals surface area contributed by atoms with Crippen LogP contribution in [0.3, 0.4) is 0 Å². The van der Waals surface area contributed by atoms with E-state index in [0.29, 0.717) is 19.5 Å². The number of amides is 2. The van der Waals surface area contributed by atoms with Gasteiger partial charge in [-0.2, -0.15) is 0 Å². The van der Waals surface area contributed by atoms with E-state index < -0.39 is 0 Å². The van der Waals surface area contributed by atoms with E-state index in [1.54, 1.807) is 13.3 Å². The van der Waals surface area contributed by atoms with Gasteiger partial charge in [-0.3, -0.25) is 9.59 Å². The second-order valence-corrected chi connectivity index (χ2v) is 5.39. The van der Waals surface area contributed by atoms with Crippen molar-refractivity contribution in [3.05, 3.63) is 36.8 Å². The molecule has 1 aliphatic heterocycles. The highest BCUT2D eigenvalue weighted by atomic mass is 16.2. The molecule has 2 rings (SSSR count). The Hall–Kier alpha value is -2.04. The van der Waals surface area contributed by atoms with Gasteiger partial charge in [0.2, 0.25) is 11.8 Å². The minimum absolute atomic E-state index is 0.00388. The topological polar surface area (TPSA) is 66.6 Å². The summed E-state index contributed by atoms with van der Waals surface area (Å²) in [7, 11) is 0. The number of carbonyl (C=O) groups excluding carboxylic acids is 2. The van der Waals surface area contributed by atoms with Crippen LogP contribution in [0, 0.1) is 12.3 Å². The number of primary amides is 1. The Balaban J connectivity index is 1.78. The van der Waals surface area contributed by atoms with E-state index in [2.05, 4.69) is 17.0 Å². The molecule has 1 aromatic rings. The second kappa shape index (κ2) is 7.11. The molecule has 1 fully saturated rings. The fourth-order valence-corrected chi connectivity index (χ4v) is 2.35. The average molecular weight is 288 g/mol. The lowest BCUT2D eigenvalue weighted by molar-refractivity contribution is -0.128. The maximum atomic E-state index is 12.1. The van der Waals surface area contributed by atoms with E-state index in [0.717, 1.165) is 13.1 Å². The van der Waals surface area contributed by atoms with Gasteiger partial charge in [-0.1, -0.05) is 25.1 Å². The Bertz CT molecular complexity index is 482. The SMILES string of the molecule is C[C@@H](C[CH]C(=O)N1CCN(c2ccccc2)CC1)C(N)=O. The zero-order valence-electron chi connectivity index (χ0n) is 12.4. The minimum atomic E-state index is -0.368. The summed E-state index contributed by atoms with van der Waals surface area (Å²) in [4.78, 5) is 27.1. The number of piperazine rings is 1. The maximum Gasteiger partial charge on any atom is 0.226 e. The lowest BCUT2D eigenvalue weighted by Crippen LogP contribution is -2.49. The highest BCUT2D eigenvalue weighted by molar-refractivity contribution is 5.86. The van der Waals surface area contributed by atoms with Gasteiger partial charge in [0.05, 0.1) is 6.42 Å². The van der Waals surface area contributed by atoms with Gasteiger partial charge in [0.15, 0.2) is 0 Å². The first-order valence-corrected chi connectivity index (χ1v) is 7.29. The van der Waals surface area contributed by atoms with Crippen LogP contribution in [0.25, 0.3) is 0 Å². The van der Waals surface area contributed by atoms with Gasteiger partial charge in [0, 0.05) is 37.8 Å². The number of nitrogens with zero attached hydrogens (tertiary/aromatic N) is 2. The van der Waals surface area contributed by atoms with Gasteiger partial charge in [-0.15, -0.1) is 0 Å². The maximum absolute atomic E-state index is 12.1. The number of hydrogen-bond donors (Lipinski definition) is 1. The fourth-order valence-electron chi connectivity index (χ4n) is 2.35. The van der Waals surface area contributed by atoms with Crippen molar-refractivity contribution >= 4 is 17.5 Å². The van der Waals surface area contributed by atoms with E-state index in [1.165, 1.54) is 5.69 Å². The summed E-state index contributed by atoms with van der Waals surface area (Å²) in [5, 5.41) is 0. The third-order valence-electron chi connectivity index (χ3n) is 3.84. The molecule has 0 unspecified atom stereocenters. The lowest BCUT2D eigenvalue weighted by atomic mass is 10.0. The zero-order valence-corrected chi connectivity index (χ0v) is 12.4. The molecule has 2 amide bonds. The molecule has 1 heterocycles. The smallest absolute Gasteiger partial charge is 0.226 e. The number of carbonyl (C=O) groups is 2. The molecule has 0 aliphatic carbocycles. The predicted molar refractivity (Wildman–Crippen MR) is 82.5 cm³/mol. The molecule has 0 aromatic heterocycles. The van der Waals surface area contributed by atoms with Gasteiger partial charge >= 0.3 is 0 Å². The van der Waals surface area contributed by atoms with Gasteiger partial charge < -0.3 is 15.5 Å². The minimum Gasteiger partial charge on any atom is -0.369 e. The molecule has 2 N–H and O–H groups in total. The molecule has 113 valence electrons. The number of para-hydroxylation sites is 1. The average Bonchev–Trinajstić information content (AvgIpc) is 2.53. The molecule has 0 bridgehead atoms. The van der Waals surface area contributed by atoms with Crippen LogP contribution >= 0.6 is 0 Å². The summed E-state index contributed by atoms with van der Waals surface area (Å²) in [6.45, 7) is 4.80. The Labute approximate surface area is 125 Å². The number of anilines is 1. The largest absolute Gasteiger partial charge is 0.369 e. The summed E-state index contributed by atoms with van der Waals surface area (Å²) in [6, 6.07) is 10.2. The van der Waals surface area contributed by atoms with Gasteiger partial charge in [-0.25, -0.2) is 0 Å². The van der Waals surface area contributed by atoms with Crippen LogP contribution in [-0.2, 0) is 9.59 Å². The van der Waals surface area contributed by atoms with Crippen molar-refractivity contribution in [3.8, 4) is 0 Å².